The second kappa shape index (κ2) is 7.12. The molecule has 0 atom stereocenters. The average molecular weight is 380 g/mol. The molecule has 0 radical (unpaired) electrons. The summed E-state index contributed by atoms with van der Waals surface area (Å²) in [6.07, 6.45) is 0. The molecular weight excluding hydrogens is 369 g/mol. The van der Waals surface area contributed by atoms with Crippen molar-refractivity contribution in [1.82, 2.24) is 10.9 Å². The maximum atomic E-state index is 13.5. The molecule has 0 aliphatic carbocycles. The minimum atomic E-state index is -0.444. The van der Waals surface area contributed by atoms with Gasteiger partial charge >= 0.3 is 0 Å². The van der Waals surface area contributed by atoms with Crippen LogP contribution in [0.15, 0.2) is 48.5 Å². The van der Waals surface area contributed by atoms with Gasteiger partial charge < -0.3 is 5.32 Å². The van der Waals surface area contributed by atoms with E-state index in [2.05, 4.69) is 16.2 Å². The molecule has 3 rings (SSSR count). The van der Waals surface area contributed by atoms with Gasteiger partial charge in [0, 0.05) is 10.1 Å². The van der Waals surface area contributed by atoms with Crippen molar-refractivity contribution in [1.29, 1.82) is 0 Å². The summed E-state index contributed by atoms with van der Waals surface area (Å²) >= 11 is 12.6. The fraction of sp³-hybridized carbons (Fsp3) is 0. The van der Waals surface area contributed by atoms with Gasteiger partial charge in [0.1, 0.15) is 10.7 Å². The summed E-state index contributed by atoms with van der Waals surface area (Å²) in [6, 6.07) is 13.6. The van der Waals surface area contributed by atoms with Crippen molar-refractivity contribution in [3.8, 4) is 0 Å². The SMILES string of the molecule is O=C(NNC(=S)Nc1ccccc1F)c1sc2ccccc2c1Cl. The summed E-state index contributed by atoms with van der Waals surface area (Å²) in [5, 5.41) is 3.93. The van der Waals surface area contributed by atoms with E-state index in [-0.39, 0.29) is 10.8 Å². The summed E-state index contributed by atoms with van der Waals surface area (Å²) in [4.78, 5) is 12.6. The first-order chi connectivity index (χ1) is 11.6. The Bertz CT molecular complexity index is 929. The molecule has 24 heavy (non-hydrogen) atoms. The van der Waals surface area contributed by atoms with Crippen molar-refractivity contribution < 1.29 is 9.18 Å². The second-order valence-corrected chi connectivity index (χ2v) is 6.59. The van der Waals surface area contributed by atoms with Crippen LogP contribution < -0.4 is 16.2 Å². The fourth-order valence-electron chi connectivity index (χ4n) is 2.05. The number of thiocarbonyl (C=S) groups is 1. The number of carbonyl (C=O) groups excluding carboxylic acids is 1. The maximum absolute atomic E-state index is 13.5. The topological polar surface area (TPSA) is 53.2 Å². The number of amides is 1. The molecule has 0 saturated heterocycles. The molecule has 1 heterocycles. The van der Waals surface area contributed by atoms with E-state index in [0.29, 0.717) is 9.90 Å². The number of hydrogen-bond acceptors (Lipinski definition) is 3. The lowest BCUT2D eigenvalue weighted by Crippen LogP contribution is -2.43. The maximum Gasteiger partial charge on any atom is 0.281 e. The average Bonchev–Trinajstić information content (AvgIpc) is 2.92. The molecule has 3 aromatic rings. The Morgan fingerprint density at radius 1 is 1.08 bits per heavy atom. The lowest BCUT2D eigenvalue weighted by Gasteiger charge is -2.11. The molecule has 0 fully saturated rings. The Labute approximate surface area is 151 Å². The Kier molecular flexibility index (Phi) is 4.94. The van der Waals surface area contributed by atoms with Crippen LogP contribution in [0.1, 0.15) is 9.67 Å². The van der Waals surface area contributed by atoms with E-state index in [0.717, 1.165) is 10.1 Å². The van der Waals surface area contributed by atoms with Crippen LogP contribution in [-0.2, 0) is 0 Å². The van der Waals surface area contributed by atoms with Gasteiger partial charge in [-0.3, -0.25) is 15.6 Å². The van der Waals surface area contributed by atoms with E-state index in [9.17, 15) is 9.18 Å². The summed E-state index contributed by atoms with van der Waals surface area (Å²) in [7, 11) is 0. The second-order valence-electron chi connectivity index (χ2n) is 4.75. The molecule has 122 valence electrons. The predicted octanol–water partition coefficient (Wildman–Crippen LogP) is 4.33. The van der Waals surface area contributed by atoms with Gasteiger partial charge in [0.25, 0.3) is 5.91 Å². The highest BCUT2D eigenvalue weighted by molar-refractivity contribution is 7.80. The van der Waals surface area contributed by atoms with Crippen molar-refractivity contribution in [2.45, 2.75) is 0 Å². The Morgan fingerprint density at radius 3 is 2.54 bits per heavy atom. The first-order valence-corrected chi connectivity index (χ1v) is 8.45. The first-order valence-electron chi connectivity index (χ1n) is 6.85. The molecule has 0 aliphatic heterocycles. The molecule has 8 heteroatoms. The third kappa shape index (κ3) is 3.48. The molecule has 1 amide bonds. The Hall–Kier alpha value is -2.22. The number of halogens is 2. The van der Waals surface area contributed by atoms with Crippen LogP contribution in [0.4, 0.5) is 10.1 Å². The lowest BCUT2D eigenvalue weighted by molar-refractivity contribution is 0.0948. The standard InChI is InChI=1S/C16H11ClFN3OS2/c17-13-9-5-1-4-8-12(9)24-14(13)15(22)20-21-16(23)19-11-7-3-2-6-10(11)18/h1-8H,(H,20,22)(H2,19,21,23). The zero-order valence-corrected chi connectivity index (χ0v) is 14.5. The molecule has 4 nitrogen and oxygen atoms in total. The van der Waals surface area contributed by atoms with Crippen LogP contribution in [0.3, 0.4) is 0 Å². The minimum Gasteiger partial charge on any atom is -0.329 e. The summed E-state index contributed by atoms with van der Waals surface area (Å²) in [6.45, 7) is 0. The van der Waals surface area contributed by atoms with E-state index in [1.54, 1.807) is 12.1 Å². The molecular formula is C16H11ClFN3OS2. The number of benzene rings is 2. The number of carbonyl (C=O) groups is 1. The molecule has 2 aromatic carbocycles. The van der Waals surface area contributed by atoms with Gasteiger partial charge in [0.15, 0.2) is 5.11 Å². The monoisotopic (exact) mass is 379 g/mol. The zero-order valence-electron chi connectivity index (χ0n) is 12.1. The van der Waals surface area contributed by atoms with Crippen LogP contribution >= 0.6 is 35.2 Å². The number of nitrogens with one attached hydrogen (secondary N) is 3. The van der Waals surface area contributed by atoms with Crippen molar-refractivity contribution in [2.75, 3.05) is 5.32 Å². The summed E-state index contributed by atoms with van der Waals surface area (Å²) in [5.74, 6) is -0.862. The van der Waals surface area contributed by atoms with E-state index in [1.165, 1.54) is 23.5 Å². The van der Waals surface area contributed by atoms with Crippen molar-refractivity contribution >= 4 is 61.9 Å². The van der Waals surface area contributed by atoms with Crippen LogP contribution in [0.5, 0.6) is 0 Å². The van der Waals surface area contributed by atoms with E-state index in [1.807, 2.05) is 24.3 Å². The largest absolute Gasteiger partial charge is 0.329 e. The highest BCUT2D eigenvalue weighted by Gasteiger charge is 2.17. The van der Waals surface area contributed by atoms with E-state index >= 15 is 0 Å². The van der Waals surface area contributed by atoms with Gasteiger partial charge in [-0.2, -0.15) is 0 Å². The highest BCUT2D eigenvalue weighted by Crippen LogP contribution is 2.34. The van der Waals surface area contributed by atoms with Crippen LogP contribution in [0.2, 0.25) is 5.02 Å². The molecule has 0 bridgehead atoms. The van der Waals surface area contributed by atoms with E-state index in [4.69, 9.17) is 23.8 Å². The van der Waals surface area contributed by atoms with E-state index < -0.39 is 11.7 Å². The Morgan fingerprint density at radius 2 is 1.79 bits per heavy atom. The molecule has 0 aliphatic rings. The normalized spacial score (nSPS) is 10.4. The van der Waals surface area contributed by atoms with Gasteiger partial charge in [0.05, 0.1) is 10.7 Å². The van der Waals surface area contributed by atoms with Crippen molar-refractivity contribution in [3.05, 3.63) is 64.2 Å². The molecule has 3 N–H and O–H groups in total. The quantitative estimate of drug-likeness (QED) is 0.458. The van der Waals surface area contributed by atoms with Crippen molar-refractivity contribution in [2.24, 2.45) is 0 Å². The van der Waals surface area contributed by atoms with Gasteiger partial charge in [-0.05, 0) is 30.4 Å². The van der Waals surface area contributed by atoms with Gasteiger partial charge in [-0.1, -0.05) is 41.9 Å². The molecule has 0 saturated carbocycles. The fourth-order valence-corrected chi connectivity index (χ4v) is 3.62. The van der Waals surface area contributed by atoms with Gasteiger partial charge in [-0.25, -0.2) is 4.39 Å². The number of rotatable bonds is 2. The van der Waals surface area contributed by atoms with Crippen LogP contribution in [0, 0.1) is 5.82 Å². The number of para-hydroxylation sites is 1. The smallest absolute Gasteiger partial charge is 0.281 e. The third-order valence-electron chi connectivity index (χ3n) is 3.15. The Balaban J connectivity index is 1.65. The summed E-state index contributed by atoms with van der Waals surface area (Å²) in [5.41, 5.74) is 5.19. The van der Waals surface area contributed by atoms with Crippen LogP contribution in [0.25, 0.3) is 10.1 Å². The third-order valence-corrected chi connectivity index (χ3v) is 5.03. The lowest BCUT2D eigenvalue weighted by atomic mass is 10.2. The van der Waals surface area contributed by atoms with Gasteiger partial charge in [-0.15, -0.1) is 11.3 Å². The minimum absolute atomic E-state index is 0.0608. The van der Waals surface area contributed by atoms with Crippen molar-refractivity contribution in [3.63, 3.8) is 0 Å². The summed E-state index contributed by atoms with van der Waals surface area (Å²) < 4.78 is 14.4. The first kappa shape index (κ1) is 16.6. The molecule has 0 spiro atoms. The molecule has 0 unspecified atom stereocenters. The number of hydrogen-bond donors (Lipinski definition) is 3. The number of hydrazine groups is 1. The number of thiophene rings is 1. The predicted molar refractivity (Wildman–Crippen MR) is 100 cm³/mol. The zero-order chi connectivity index (χ0) is 17.1. The number of fused-ring (bicyclic) bond motifs is 1. The molecule has 1 aromatic heterocycles. The van der Waals surface area contributed by atoms with Gasteiger partial charge in [0.2, 0.25) is 0 Å². The number of anilines is 1. The van der Waals surface area contributed by atoms with Crippen LogP contribution in [-0.4, -0.2) is 11.0 Å². The highest BCUT2D eigenvalue weighted by atomic mass is 35.5.